The monoisotopic (exact) mass is 146 g/mol. The van der Waals surface area contributed by atoms with Gasteiger partial charge >= 0.3 is 0 Å². The van der Waals surface area contributed by atoms with Gasteiger partial charge in [0.05, 0.1) is 0 Å². The molecule has 0 unspecified atom stereocenters. The molecule has 0 amide bonds. The van der Waals surface area contributed by atoms with Crippen LogP contribution in [0.15, 0.2) is 0 Å². The Hall–Kier alpha value is -0.0200. The first-order chi connectivity index (χ1) is 3.98. The van der Waals surface area contributed by atoms with E-state index in [1.54, 1.807) is 5.62 Å². The highest BCUT2D eigenvalue weighted by Gasteiger charge is 2.16. The average molecular weight is 146 g/mol. The van der Waals surface area contributed by atoms with Crippen LogP contribution in [0.2, 0.25) is 0 Å². The molecule has 53 valence electrons. The van der Waals surface area contributed by atoms with Crippen LogP contribution in [-0.4, -0.2) is 22.5 Å². The lowest BCUT2D eigenvalue weighted by atomic mass is 10.1. The predicted octanol–water partition coefficient (Wildman–Crippen LogP) is 1.43. The van der Waals surface area contributed by atoms with E-state index in [9.17, 15) is 4.79 Å². The Morgan fingerprint density at radius 2 is 1.89 bits per heavy atom. The Labute approximate surface area is 60.7 Å². The van der Waals surface area contributed by atoms with Crippen molar-refractivity contribution in [1.82, 2.24) is 4.31 Å². The maximum absolute atomic E-state index is 9.86. The van der Waals surface area contributed by atoms with Crippen molar-refractivity contribution in [2.75, 3.05) is 7.05 Å². The molecule has 2 nitrogen and oxygen atoms in total. The Morgan fingerprint density at radius 3 is 2.00 bits per heavy atom. The topological polar surface area (TPSA) is 20.3 Å². The largest absolute Gasteiger partial charge is 0.282 e. The normalized spacial score (nSPS) is 12.1. The third kappa shape index (κ3) is 3.54. The van der Waals surface area contributed by atoms with Crippen molar-refractivity contribution in [3.63, 3.8) is 0 Å². The van der Waals surface area contributed by atoms with Crippen LogP contribution in [-0.2, 0) is 4.79 Å². The van der Waals surface area contributed by atoms with Gasteiger partial charge in [0.2, 0.25) is 0 Å². The van der Waals surface area contributed by atoms with Crippen LogP contribution in [0, 0.1) is 0 Å². The average Bonchev–Trinajstić information content (AvgIpc) is 1.64. The van der Waals surface area contributed by atoms with Crippen LogP contribution in [0.3, 0.4) is 0 Å². The van der Waals surface area contributed by atoms with Gasteiger partial charge in [0.25, 0.3) is 5.62 Å². The molecule has 0 atom stereocenters. The first-order valence-electron chi connectivity index (χ1n) is 2.76. The zero-order valence-electron chi connectivity index (χ0n) is 6.26. The lowest BCUT2D eigenvalue weighted by Crippen LogP contribution is -2.32. The van der Waals surface area contributed by atoms with Crippen molar-refractivity contribution in [2.45, 2.75) is 26.3 Å². The van der Waals surface area contributed by atoms with Crippen LogP contribution in [0.25, 0.3) is 0 Å². The molecule has 0 saturated carbocycles. The van der Waals surface area contributed by atoms with Crippen molar-refractivity contribution in [1.29, 1.82) is 0 Å². The summed E-state index contributed by atoms with van der Waals surface area (Å²) in [5, 5.41) is 0. The first kappa shape index (κ1) is 8.98. The van der Waals surface area contributed by atoms with E-state index in [-0.39, 0.29) is 5.54 Å². The third-order valence-electron chi connectivity index (χ3n) is 1.12. The zero-order valence-corrected chi connectivity index (χ0v) is 7.08. The molecule has 0 N–H and O–H groups in total. The summed E-state index contributed by atoms with van der Waals surface area (Å²) in [7, 11) is 1.87. The fourth-order valence-electron chi connectivity index (χ4n) is 0.193. The summed E-state index contributed by atoms with van der Waals surface area (Å²) in [6.07, 6.45) is 0. The highest BCUT2D eigenvalue weighted by atomic mass is 32.2. The van der Waals surface area contributed by atoms with E-state index in [0.717, 1.165) is 11.9 Å². The Morgan fingerprint density at radius 1 is 1.44 bits per heavy atom. The van der Waals surface area contributed by atoms with E-state index in [2.05, 4.69) is 0 Å². The molecule has 0 saturated heterocycles. The molecule has 0 spiro atoms. The van der Waals surface area contributed by atoms with Crippen molar-refractivity contribution >= 4 is 17.6 Å². The summed E-state index contributed by atoms with van der Waals surface area (Å²) in [5.74, 6) is 0. The van der Waals surface area contributed by atoms with E-state index in [1.165, 1.54) is 0 Å². The van der Waals surface area contributed by atoms with Gasteiger partial charge in [0.15, 0.2) is 0 Å². The highest BCUT2D eigenvalue weighted by Crippen LogP contribution is 2.17. The minimum atomic E-state index is 0.0437. The number of hydrogen-bond acceptors (Lipinski definition) is 3. The van der Waals surface area contributed by atoms with Gasteiger partial charge in [-0.3, -0.25) is 4.79 Å². The van der Waals surface area contributed by atoms with E-state index < -0.39 is 0 Å². The SMILES string of the molecule is CN(S[C]=O)C(C)(C)C. The molecule has 1 radical (unpaired) electrons. The molecule has 0 bridgehead atoms. The van der Waals surface area contributed by atoms with Crippen LogP contribution in [0.4, 0.5) is 0 Å². The van der Waals surface area contributed by atoms with Gasteiger partial charge in [-0.15, -0.1) is 0 Å². The molecule has 0 fully saturated rings. The lowest BCUT2D eigenvalue weighted by molar-refractivity contribution is 0.321. The van der Waals surface area contributed by atoms with Crippen molar-refractivity contribution in [3.05, 3.63) is 0 Å². The van der Waals surface area contributed by atoms with E-state index in [1.807, 2.05) is 32.1 Å². The second-order valence-corrected chi connectivity index (χ2v) is 3.74. The van der Waals surface area contributed by atoms with Gasteiger partial charge < -0.3 is 0 Å². The molecule has 9 heavy (non-hydrogen) atoms. The summed E-state index contributed by atoms with van der Waals surface area (Å²) in [5.41, 5.74) is 1.81. The molecule has 0 aromatic heterocycles. The third-order valence-corrected chi connectivity index (χ3v) is 2.01. The Balaban J connectivity index is 3.72. The number of carbonyl (C=O) groups excluding carboxylic acids is 1. The summed E-state index contributed by atoms with van der Waals surface area (Å²) >= 11 is 1.07. The molecule has 0 aliphatic carbocycles. The second kappa shape index (κ2) is 3.22. The predicted molar refractivity (Wildman–Crippen MR) is 40.8 cm³/mol. The van der Waals surface area contributed by atoms with E-state index in [4.69, 9.17) is 0 Å². The molecule has 0 aliphatic rings. The van der Waals surface area contributed by atoms with Crippen molar-refractivity contribution in [3.8, 4) is 0 Å². The van der Waals surface area contributed by atoms with Gasteiger partial charge in [-0.25, -0.2) is 4.31 Å². The molecule has 3 heteroatoms. The number of rotatable bonds is 2. The summed E-state index contributed by atoms with van der Waals surface area (Å²) < 4.78 is 1.86. The summed E-state index contributed by atoms with van der Waals surface area (Å²) in [6.45, 7) is 6.12. The van der Waals surface area contributed by atoms with E-state index in [0.29, 0.717) is 0 Å². The maximum Gasteiger partial charge on any atom is 0.282 e. The first-order valence-corrected chi connectivity index (χ1v) is 3.54. The zero-order chi connectivity index (χ0) is 7.49. The van der Waals surface area contributed by atoms with Crippen molar-refractivity contribution in [2.24, 2.45) is 0 Å². The minimum Gasteiger partial charge on any atom is -0.276 e. The quantitative estimate of drug-likeness (QED) is 0.550. The fourth-order valence-corrected chi connectivity index (χ4v) is 0.578. The molecular formula is C6H12NOS. The van der Waals surface area contributed by atoms with Gasteiger partial charge in [0.1, 0.15) is 0 Å². The van der Waals surface area contributed by atoms with Gasteiger partial charge in [-0.1, -0.05) is 0 Å². The van der Waals surface area contributed by atoms with Gasteiger partial charge in [0, 0.05) is 17.5 Å². The maximum atomic E-state index is 9.86. The Kier molecular flexibility index (Phi) is 3.22. The van der Waals surface area contributed by atoms with Crippen LogP contribution in [0.1, 0.15) is 20.8 Å². The fraction of sp³-hybridized carbons (Fsp3) is 0.833. The molecule has 0 aromatic rings. The minimum absolute atomic E-state index is 0.0437. The van der Waals surface area contributed by atoms with Crippen LogP contribution >= 0.6 is 11.9 Å². The summed E-state index contributed by atoms with van der Waals surface area (Å²) in [4.78, 5) is 9.86. The molecule has 0 aliphatic heterocycles. The lowest BCUT2D eigenvalue weighted by Gasteiger charge is -2.27. The standard InChI is InChI=1S/C6H12NOS/c1-6(2,3)7(4)9-5-8/h1-4H3. The van der Waals surface area contributed by atoms with Gasteiger partial charge in [-0.05, 0) is 27.8 Å². The highest BCUT2D eigenvalue weighted by molar-refractivity contribution is 8.09. The molecular weight excluding hydrogens is 134 g/mol. The molecule has 0 heterocycles. The van der Waals surface area contributed by atoms with Crippen LogP contribution < -0.4 is 0 Å². The smallest absolute Gasteiger partial charge is 0.276 e. The van der Waals surface area contributed by atoms with Crippen molar-refractivity contribution < 1.29 is 4.79 Å². The molecule has 0 aromatic carbocycles. The second-order valence-electron chi connectivity index (χ2n) is 2.84. The number of hydrogen-bond donors (Lipinski definition) is 0. The molecule has 0 rings (SSSR count). The van der Waals surface area contributed by atoms with E-state index >= 15 is 0 Å². The number of nitrogens with zero attached hydrogens (tertiary/aromatic N) is 1. The van der Waals surface area contributed by atoms with Gasteiger partial charge in [-0.2, -0.15) is 0 Å². The Bertz CT molecular complexity index is 97.7. The van der Waals surface area contributed by atoms with Crippen LogP contribution in [0.5, 0.6) is 0 Å². The summed E-state index contributed by atoms with van der Waals surface area (Å²) in [6, 6.07) is 0.